The molecular weight excluding hydrogens is 216 g/mol. The predicted molar refractivity (Wildman–Crippen MR) is 61.1 cm³/mol. The maximum absolute atomic E-state index is 12.1. The third kappa shape index (κ3) is 0.987. The zero-order valence-electron chi connectivity index (χ0n) is 9.89. The molecule has 3 heteroatoms. The topological polar surface area (TPSA) is 35.5 Å². The summed E-state index contributed by atoms with van der Waals surface area (Å²) in [4.78, 5) is 12.1. The molecule has 2 fully saturated rings. The lowest BCUT2D eigenvalue weighted by Crippen LogP contribution is -2.58. The van der Waals surface area contributed by atoms with Gasteiger partial charge >= 0.3 is 0 Å². The van der Waals surface area contributed by atoms with Gasteiger partial charge in [0.25, 0.3) is 0 Å². The van der Waals surface area contributed by atoms with E-state index in [1.54, 1.807) is 6.08 Å². The molecule has 1 heterocycles. The molecule has 0 aromatic rings. The zero-order chi connectivity index (χ0) is 11.7. The van der Waals surface area contributed by atoms with E-state index in [1.165, 1.54) is 0 Å². The van der Waals surface area contributed by atoms with Gasteiger partial charge in [0.1, 0.15) is 0 Å². The number of carbonyl (C=O) groups excluding carboxylic acids is 1. The largest absolute Gasteiger partial charge is 0.347 e. The molecule has 5 rings (SSSR count). The molecule has 0 aromatic heterocycles. The molecule has 0 unspecified atom stereocenters. The van der Waals surface area contributed by atoms with E-state index in [2.05, 4.69) is 25.2 Å². The second-order valence-electron chi connectivity index (χ2n) is 5.76. The van der Waals surface area contributed by atoms with Crippen molar-refractivity contribution in [3.8, 4) is 0 Å². The van der Waals surface area contributed by atoms with Crippen LogP contribution in [0.5, 0.6) is 0 Å². The third-order valence-electron chi connectivity index (χ3n) is 5.17. The van der Waals surface area contributed by atoms with Crippen molar-refractivity contribution in [2.45, 2.75) is 19.1 Å². The minimum absolute atomic E-state index is 0.197. The predicted octanol–water partition coefficient (Wildman–Crippen LogP) is 1.70. The van der Waals surface area contributed by atoms with Crippen molar-refractivity contribution in [1.29, 1.82) is 0 Å². The van der Waals surface area contributed by atoms with E-state index in [0.29, 0.717) is 13.2 Å². The number of ether oxygens (including phenoxy) is 2. The summed E-state index contributed by atoms with van der Waals surface area (Å²) >= 11 is 0. The van der Waals surface area contributed by atoms with Gasteiger partial charge in [-0.2, -0.15) is 0 Å². The molecule has 0 aromatic carbocycles. The number of allylic oxidation sites excluding steroid dienone is 3. The average Bonchev–Trinajstić information content (AvgIpc) is 2.89. The van der Waals surface area contributed by atoms with Gasteiger partial charge in [-0.15, -0.1) is 0 Å². The molecule has 4 aliphatic carbocycles. The molecule has 0 amide bonds. The summed E-state index contributed by atoms with van der Waals surface area (Å²) in [7, 11) is 0. The summed E-state index contributed by atoms with van der Waals surface area (Å²) in [5, 5.41) is 0. The van der Waals surface area contributed by atoms with E-state index in [-0.39, 0.29) is 29.0 Å². The highest BCUT2D eigenvalue weighted by atomic mass is 16.7. The van der Waals surface area contributed by atoms with Crippen LogP contribution in [0.2, 0.25) is 0 Å². The molecule has 1 saturated heterocycles. The maximum atomic E-state index is 12.1. The lowest BCUT2D eigenvalue weighted by Gasteiger charge is -2.55. The first-order chi connectivity index (χ1) is 8.17. The fourth-order valence-corrected chi connectivity index (χ4v) is 4.15. The first-order valence-corrected chi connectivity index (χ1v) is 6.36. The minimum atomic E-state index is -0.446. The van der Waals surface area contributed by atoms with E-state index >= 15 is 0 Å². The number of carbonyl (C=O) groups is 1. The first-order valence-electron chi connectivity index (χ1n) is 6.36. The lowest BCUT2D eigenvalue weighted by molar-refractivity contribution is -0.239. The molecule has 3 nitrogen and oxygen atoms in total. The van der Waals surface area contributed by atoms with Crippen LogP contribution in [-0.4, -0.2) is 24.8 Å². The number of hydrogen-bond donors (Lipinski definition) is 0. The van der Waals surface area contributed by atoms with Gasteiger partial charge in [0, 0.05) is 23.7 Å². The summed E-state index contributed by atoms with van der Waals surface area (Å²) in [6, 6.07) is 0. The minimum Gasteiger partial charge on any atom is -0.347 e. The summed E-state index contributed by atoms with van der Waals surface area (Å²) in [5.41, 5.74) is -0.250. The Morgan fingerprint density at radius 3 is 2.71 bits per heavy atom. The van der Waals surface area contributed by atoms with Crippen LogP contribution in [0.25, 0.3) is 0 Å². The van der Waals surface area contributed by atoms with Crippen molar-refractivity contribution in [3.63, 3.8) is 0 Å². The van der Waals surface area contributed by atoms with E-state index < -0.39 is 5.79 Å². The summed E-state index contributed by atoms with van der Waals surface area (Å²) in [5.74, 6) is 0.519. The van der Waals surface area contributed by atoms with Crippen molar-refractivity contribution in [1.82, 2.24) is 0 Å². The van der Waals surface area contributed by atoms with Crippen LogP contribution in [0.4, 0.5) is 0 Å². The Bertz CT molecular complexity index is 444. The number of rotatable bonds is 0. The van der Waals surface area contributed by atoms with Crippen LogP contribution in [0, 0.1) is 23.2 Å². The van der Waals surface area contributed by atoms with E-state index in [4.69, 9.17) is 9.47 Å². The third-order valence-corrected chi connectivity index (χ3v) is 5.17. The first kappa shape index (κ1) is 10.0. The molecule has 5 aliphatic rings. The second kappa shape index (κ2) is 2.90. The van der Waals surface area contributed by atoms with Gasteiger partial charge < -0.3 is 9.47 Å². The maximum Gasteiger partial charge on any atom is 0.175 e. The summed E-state index contributed by atoms with van der Waals surface area (Å²) < 4.78 is 11.8. The van der Waals surface area contributed by atoms with Gasteiger partial charge in [-0.25, -0.2) is 0 Å². The Labute approximate surface area is 100 Å². The molecule has 0 N–H and O–H groups in total. The number of ketones is 1. The van der Waals surface area contributed by atoms with Crippen molar-refractivity contribution < 1.29 is 14.3 Å². The van der Waals surface area contributed by atoms with Crippen LogP contribution in [-0.2, 0) is 14.3 Å². The van der Waals surface area contributed by atoms with Crippen LogP contribution in [0.1, 0.15) is 13.3 Å². The van der Waals surface area contributed by atoms with Crippen LogP contribution in [0.3, 0.4) is 0 Å². The normalized spacial score (nSPS) is 49.2. The highest BCUT2D eigenvalue weighted by Crippen LogP contribution is 2.61. The van der Waals surface area contributed by atoms with Crippen LogP contribution >= 0.6 is 0 Å². The van der Waals surface area contributed by atoms with Gasteiger partial charge in [-0.1, -0.05) is 25.2 Å². The standard InChI is InChI=1S/C14H16O3/c1-13-9-2-3-11(10(13)4-5-12(13)15)14(8-9)16-6-7-17-14/h2-5,9-11H,6-8H2,1H3/t9-,10+,11-,13-/m0/s1. The van der Waals surface area contributed by atoms with Crippen LogP contribution < -0.4 is 0 Å². The number of hydrogen-bond acceptors (Lipinski definition) is 3. The van der Waals surface area contributed by atoms with Gasteiger partial charge in [0.05, 0.1) is 13.2 Å². The smallest absolute Gasteiger partial charge is 0.175 e. The Kier molecular flexibility index (Phi) is 1.71. The van der Waals surface area contributed by atoms with Crippen LogP contribution in [0.15, 0.2) is 24.3 Å². The monoisotopic (exact) mass is 232 g/mol. The summed E-state index contributed by atoms with van der Waals surface area (Å²) in [6.45, 7) is 3.46. The highest BCUT2D eigenvalue weighted by Gasteiger charge is 2.64. The Hall–Kier alpha value is -0.930. The molecule has 17 heavy (non-hydrogen) atoms. The molecule has 1 saturated carbocycles. The molecule has 1 spiro atoms. The molecule has 2 bridgehead atoms. The molecule has 1 aliphatic heterocycles. The van der Waals surface area contributed by atoms with Gasteiger partial charge in [-0.05, 0) is 12.0 Å². The fraction of sp³-hybridized carbons (Fsp3) is 0.643. The van der Waals surface area contributed by atoms with E-state index in [0.717, 1.165) is 6.42 Å². The lowest BCUT2D eigenvalue weighted by atomic mass is 9.52. The SMILES string of the molecule is C[C@@]12C(=O)C=C[C@@H]1[C@@H]1C=C[C@H]2CC12OCCO2. The fourth-order valence-electron chi connectivity index (χ4n) is 4.15. The Balaban J connectivity index is 1.83. The molecule has 0 radical (unpaired) electrons. The second-order valence-corrected chi connectivity index (χ2v) is 5.76. The zero-order valence-corrected chi connectivity index (χ0v) is 9.89. The Morgan fingerprint density at radius 2 is 1.94 bits per heavy atom. The molecular formula is C14H16O3. The highest BCUT2D eigenvalue weighted by molar-refractivity contribution is 5.98. The molecule has 4 atom stereocenters. The molecule has 90 valence electrons. The van der Waals surface area contributed by atoms with Crippen molar-refractivity contribution in [3.05, 3.63) is 24.3 Å². The van der Waals surface area contributed by atoms with E-state index in [9.17, 15) is 4.79 Å². The van der Waals surface area contributed by atoms with Gasteiger partial charge in [-0.3, -0.25) is 4.79 Å². The average molecular weight is 232 g/mol. The van der Waals surface area contributed by atoms with Gasteiger partial charge in [0.15, 0.2) is 11.6 Å². The Morgan fingerprint density at radius 1 is 1.18 bits per heavy atom. The summed E-state index contributed by atoms with van der Waals surface area (Å²) in [6.07, 6.45) is 9.05. The van der Waals surface area contributed by atoms with Crippen molar-refractivity contribution in [2.75, 3.05) is 13.2 Å². The van der Waals surface area contributed by atoms with Crippen molar-refractivity contribution in [2.24, 2.45) is 23.2 Å². The van der Waals surface area contributed by atoms with Crippen molar-refractivity contribution >= 4 is 5.78 Å². The van der Waals surface area contributed by atoms with Gasteiger partial charge in [0.2, 0.25) is 0 Å². The quantitative estimate of drug-likeness (QED) is 0.596. The van der Waals surface area contributed by atoms with E-state index in [1.807, 2.05) is 0 Å².